The van der Waals surface area contributed by atoms with Crippen molar-refractivity contribution in [1.82, 2.24) is 19.7 Å². The summed E-state index contributed by atoms with van der Waals surface area (Å²) in [4.78, 5) is 41.5. The number of nitrogens with zero attached hydrogens (tertiary/aromatic N) is 4. The van der Waals surface area contributed by atoms with Gasteiger partial charge in [0, 0.05) is 26.8 Å². The number of aromatic nitrogens is 4. The predicted octanol–water partition coefficient (Wildman–Crippen LogP) is 5.63. The van der Waals surface area contributed by atoms with Crippen LogP contribution in [0.25, 0.3) is 11.0 Å². The summed E-state index contributed by atoms with van der Waals surface area (Å²) in [6, 6.07) is 1.65. The minimum atomic E-state index is -9.84. The third-order valence-corrected chi connectivity index (χ3v) is 7.52. The molecule has 4 rings (SSSR count). The molecule has 0 aliphatic carbocycles. The van der Waals surface area contributed by atoms with Crippen LogP contribution in [0.15, 0.2) is 35.4 Å². The molecule has 1 N–H and O–H groups in total. The first-order chi connectivity index (χ1) is 19.7. The SMILES string of the molecule is CC(=O)OCC1OC(n2ncc3c(N[C@H](C)c4ccc(S(F)(F)(F)(F)F)cc4)nc(Cl)nc32)C(OC(C)=O)C1OC(C)=O. The molecule has 1 saturated heterocycles. The highest BCUT2D eigenvalue weighted by atomic mass is 35.5. The quantitative estimate of drug-likeness (QED) is 0.132. The molecule has 3 aromatic rings. The molecule has 0 spiro atoms. The van der Waals surface area contributed by atoms with Gasteiger partial charge in [0.2, 0.25) is 5.28 Å². The molecule has 236 valence electrons. The van der Waals surface area contributed by atoms with Crippen molar-refractivity contribution in [2.75, 3.05) is 11.9 Å². The van der Waals surface area contributed by atoms with Gasteiger partial charge in [-0.2, -0.15) is 15.1 Å². The number of hydrogen-bond donors (Lipinski definition) is 1. The van der Waals surface area contributed by atoms with Crippen LogP contribution in [0.3, 0.4) is 0 Å². The van der Waals surface area contributed by atoms with Crippen LogP contribution < -0.4 is 5.32 Å². The van der Waals surface area contributed by atoms with Crippen molar-refractivity contribution in [2.24, 2.45) is 0 Å². The lowest BCUT2D eigenvalue weighted by Crippen LogP contribution is -2.40. The second kappa shape index (κ2) is 10.7. The zero-order valence-corrected chi connectivity index (χ0v) is 24.4. The monoisotopic (exact) mass is 657 g/mol. The van der Waals surface area contributed by atoms with Crippen LogP contribution in [0.1, 0.15) is 45.5 Å². The van der Waals surface area contributed by atoms with E-state index in [1.54, 1.807) is 6.92 Å². The Morgan fingerprint density at radius 3 is 2.16 bits per heavy atom. The van der Waals surface area contributed by atoms with Crippen molar-refractivity contribution < 1.29 is 52.8 Å². The van der Waals surface area contributed by atoms with Gasteiger partial charge in [0.1, 0.15) is 23.4 Å². The molecule has 3 heterocycles. The molecule has 0 amide bonds. The van der Waals surface area contributed by atoms with Crippen molar-refractivity contribution in [2.45, 2.75) is 63.2 Å². The van der Waals surface area contributed by atoms with Gasteiger partial charge in [0.05, 0.1) is 11.6 Å². The molecule has 4 unspecified atom stereocenters. The van der Waals surface area contributed by atoms with Crippen LogP contribution in [0, 0.1) is 0 Å². The van der Waals surface area contributed by atoms with E-state index in [2.05, 4.69) is 20.4 Å². The van der Waals surface area contributed by atoms with Crippen LogP contribution >= 0.6 is 21.8 Å². The van der Waals surface area contributed by atoms with Crippen molar-refractivity contribution in [1.29, 1.82) is 0 Å². The van der Waals surface area contributed by atoms with Gasteiger partial charge in [-0.25, -0.2) is 4.68 Å². The Morgan fingerprint density at radius 1 is 1.00 bits per heavy atom. The second-order valence-corrected chi connectivity index (χ2v) is 12.3. The first-order valence-electron chi connectivity index (χ1n) is 12.4. The van der Waals surface area contributed by atoms with Gasteiger partial charge in [-0.3, -0.25) is 14.4 Å². The Bertz CT molecular complexity index is 1580. The Morgan fingerprint density at radius 2 is 1.60 bits per heavy atom. The van der Waals surface area contributed by atoms with Gasteiger partial charge >= 0.3 is 28.1 Å². The Hall–Kier alpha value is -3.77. The average Bonchev–Trinajstić information content (AvgIpc) is 3.42. The highest BCUT2D eigenvalue weighted by Gasteiger charge is 2.65. The first-order valence-corrected chi connectivity index (χ1v) is 14.7. The van der Waals surface area contributed by atoms with Gasteiger partial charge in [0.25, 0.3) is 0 Å². The van der Waals surface area contributed by atoms with Crippen LogP contribution in [-0.4, -0.2) is 62.6 Å². The second-order valence-electron chi connectivity index (χ2n) is 9.59. The van der Waals surface area contributed by atoms with E-state index in [4.69, 9.17) is 30.5 Å². The average molecular weight is 658 g/mol. The van der Waals surface area contributed by atoms with E-state index in [0.29, 0.717) is 12.1 Å². The molecule has 1 aliphatic rings. The summed E-state index contributed by atoms with van der Waals surface area (Å²) in [5, 5.41) is 7.14. The minimum absolute atomic E-state index is 0.0443. The fraction of sp³-hybridized carbons (Fsp3) is 0.417. The lowest BCUT2D eigenvalue weighted by molar-refractivity contribution is -0.166. The Labute approximate surface area is 245 Å². The lowest BCUT2D eigenvalue weighted by atomic mass is 10.1. The third-order valence-electron chi connectivity index (χ3n) is 6.19. The molecule has 0 bridgehead atoms. The molecule has 0 radical (unpaired) electrons. The maximum atomic E-state index is 13.1. The summed E-state index contributed by atoms with van der Waals surface area (Å²) in [6.07, 6.45) is -3.53. The van der Waals surface area contributed by atoms with Crippen molar-refractivity contribution >= 4 is 56.6 Å². The van der Waals surface area contributed by atoms with E-state index in [0.717, 1.165) is 32.9 Å². The van der Waals surface area contributed by atoms with Crippen molar-refractivity contribution in [3.05, 3.63) is 41.3 Å². The van der Waals surface area contributed by atoms with E-state index < -0.39 is 63.6 Å². The Balaban J connectivity index is 1.69. The minimum Gasteiger partial charge on any atom is -0.463 e. The fourth-order valence-electron chi connectivity index (χ4n) is 4.39. The summed E-state index contributed by atoms with van der Waals surface area (Å²) in [5.74, 6) is -2.06. The molecule has 12 nitrogen and oxygen atoms in total. The normalized spacial score (nSPS) is 22.7. The number of benzene rings is 1. The first kappa shape index (κ1) is 32.2. The topological polar surface area (TPSA) is 144 Å². The molecule has 1 aromatic carbocycles. The summed E-state index contributed by atoms with van der Waals surface area (Å²) in [5.41, 5.74) is 0.260. The number of nitrogens with one attached hydrogen (secondary N) is 1. The van der Waals surface area contributed by atoms with Crippen LogP contribution in [0.5, 0.6) is 0 Å². The van der Waals surface area contributed by atoms with Crippen molar-refractivity contribution in [3.8, 4) is 0 Å². The molecular formula is C24H25ClF5N5O7S. The van der Waals surface area contributed by atoms with Gasteiger partial charge in [-0.1, -0.05) is 31.6 Å². The number of esters is 3. The maximum Gasteiger partial charge on any atom is 0.310 e. The summed E-state index contributed by atoms with van der Waals surface area (Å²) >= 11 is 6.16. The zero-order valence-electron chi connectivity index (χ0n) is 22.8. The molecule has 43 heavy (non-hydrogen) atoms. The van der Waals surface area contributed by atoms with Crippen LogP contribution in [0.4, 0.5) is 25.2 Å². The Kier molecular flexibility index (Phi) is 8.03. The lowest BCUT2D eigenvalue weighted by Gasteiger charge is -2.40. The van der Waals surface area contributed by atoms with Gasteiger partial charge in [-0.05, 0) is 36.2 Å². The highest BCUT2D eigenvalue weighted by Crippen LogP contribution is 3.02. The number of carbonyl (C=O) groups excluding carboxylic acids is 3. The molecule has 19 heteroatoms. The van der Waals surface area contributed by atoms with Gasteiger partial charge < -0.3 is 24.3 Å². The molecular weight excluding hydrogens is 633 g/mol. The number of anilines is 1. The summed E-state index contributed by atoms with van der Waals surface area (Å²) in [7, 11) is -9.84. The van der Waals surface area contributed by atoms with Gasteiger partial charge in [-0.15, -0.1) is 0 Å². The molecule has 2 aromatic heterocycles. The smallest absolute Gasteiger partial charge is 0.310 e. The third kappa shape index (κ3) is 7.42. The standard InChI is InChI=1S/C24H25ClF5N5O7S/c1-11(15-5-7-16(8-6-15)43(26,27,28,29)30)32-21-17-9-31-35(22(17)34-24(25)33-21)23-20(41-14(4)38)19(40-13(3)37)18(42-23)10-39-12(2)36/h5-9,11,18-20,23H,10H2,1-4H3,(H,32,33,34)/t11-,18?,19?,20?,23?/m1/s1. The van der Waals surface area contributed by atoms with Crippen molar-refractivity contribution in [3.63, 3.8) is 0 Å². The van der Waals surface area contributed by atoms with E-state index in [1.165, 1.54) is 10.9 Å². The number of carbonyl (C=O) groups is 3. The zero-order chi connectivity index (χ0) is 32.0. The maximum absolute atomic E-state index is 13.1. The summed E-state index contributed by atoms with van der Waals surface area (Å²) in [6.45, 7) is 4.59. The number of fused-ring (bicyclic) bond motifs is 1. The highest BCUT2D eigenvalue weighted by molar-refractivity contribution is 8.45. The van der Waals surface area contributed by atoms with Crippen LogP contribution in [-0.2, 0) is 33.3 Å². The molecule has 1 aliphatic heterocycles. The van der Waals surface area contributed by atoms with E-state index in [9.17, 15) is 33.8 Å². The number of hydrogen-bond acceptors (Lipinski definition) is 11. The van der Waals surface area contributed by atoms with Crippen LogP contribution in [0.2, 0.25) is 5.28 Å². The summed E-state index contributed by atoms with van der Waals surface area (Å²) < 4.78 is 88.5. The molecule has 5 atom stereocenters. The largest absolute Gasteiger partial charge is 0.463 e. The molecule has 0 saturated carbocycles. The predicted molar refractivity (Wildman–Crippen MR) is 142 cm³/mol. The number of ether oxygens (including phenoxy) is 4. The number of halogens is 6. The fourth-order valence-corrected chi connectivity index (χ4v) is 5.20. The number of rotatable bonds is 9. The molecule has 1 fully saturated rings. The van der Waals surface area contributed by atoms with E-state index in [-0.39, 0.29) is 34.3 Å². The van der Waals surface area contributed by atoms with E-state index in [1.807, 2.05) is 0 Å². The van der Waals surface area contributed by atoms with Gasteiger partial charge in [0.15, 0.2) is 24.1 Å². The van der Waals surface area contributed by atoms with E-state index >= 15 is 0 Å².